The fourth-order valence-electron chi connectivity index (χ4n) is 7.06. The Morgan fingerprint density at radius 2 is 1.46 bits per heavy atom. The van der Waals surface area contributed by atoms with Crippen LogP contribution in [0.25, 0.3) is 11.1 Å². The highest BCUT2D eigenvalue weighted by molar-refractivity contribution is 7.89. The van der Waals surface area contributed by atoms with Gasteiger partial charge < -0.3 is 24.6 Å². The summed E-state index contributed by atoms with van der Waals surface area (Å²) in [6.07, 6.45) is 0.903. The molecule has 3 N–H and O–H groups in total. The summed E-state index contributed by atoms with van der Waals surface area (Å²) in [6, 6.07) is 39.6. The zero-order chi connectivity index (χ0) is 36.1. The van der Waals surface area contributed by atoms with E-state index in [9.17, 15) is 18.6 Å². The van der Waals surface area contributed by atoms with Gasteiger partial charge in [-0.3, -0.25) is 0 Å². The minimum absolute atomic E-state index is 0.0234. The molecular formula is C42H43ClN2O6S. The van der Waals surface area contributed by atoms with Gasteiger partial charge in [0.15, 0.2) is 6.29 Å². The highest BCUT2D eigenvalue weighted by Crippen LogP contribution is 2.40. The van der Waals surface area contributed by atoms with Crippen molar-refractivity contribution in [2.75, 3.05) is 19.6 Å². The number of rotatable bonds is 11. The van der Waals surface area contributed by atoms with Crippen molar-refractivity contribution in [2.24, 2.45) is 0 Å². The van der Waals surface area contributed by atoms with E-state index in [1.807, 2.05) is 91.0 Å². The molecule has 52 heavy (non-hydrogen) atoms. The van der Waals surface area contributed by atoms with E-state index in [1.54, 1.807) is 30.3 Å². The number of nitrogens with zero attached hydrogens (tertiary/aromatic N) is 1. The second-order valence-corrected chi connectivity index (χ2v) is 15.9. The van der Waals surface area contributed by atoms with Crippen LogP contribution in [0, 0.1) is 0 Å². The topological polar surface area (TPSA) is 108 Å². The van der Waals surface area contributed by atoms with E-state index in [1.165, 1.54) is 0 Å². The first-order valence-corrected chi connectivity index (χ1v) is 19.5. The Hall–Kier alpha value is -3.90. The summed E-state index contributed by atoms with van der Waals surface area (Å²) in [5, 5.41) is 21.7. The van der Waals surface area contributed by atoms with Crippen LogP contribution in [0.15, 0.2) is 132 Å². The molecule has 10 heteroatoms. The molecule has 0 aliphatic carbocycles. The monoisotopic (exact) mass is 738 g/mol. The van der Waals surface area contributed by atoms with Crippen LogP contribution in [-0.4, -0.2) is 49.3 Å². The second-order valence-electron chi connectivity index (χ2n) is 13.7. The number of piperidine rings is 1. The van der Waals surface area contributed by atoms with E-state index < -0.39 is 21.9 Å². The molecule has 7 rings (SSSR count). The van der Waals surface area contributed by atoms with Crippen molar-refractivity contribution in [3.05, 3.63) is 160 Å². The highest BCUT2D eigenvalue weighted by Gasteiger charge is 2.37. The maximum Gasteiger partial charge on any atom is 0.240 e. The molecule has 5 aromatic carbocycles. The van der Waals surface area contributed by atoms with Gasteiger partial charge in [0.1, 0.15) is 0 Å². The minimum atomic E-state index is -3.64. The van der Waals surface area contributed by atoms with Gasteiger partial charge in [0.25, 0.3) is 0 Å². The number of aliphatic hydroxyl groups excluding tert-OH is 1. The summed E-state index contributed by atoms with van der Waals surface area (Å²) in [4.78, 5) is 2.59. The van der Waals surface area contributed by atoms with Gasteiger partial charge in [0.2, 0.25) is 10.0 Å². The summed E-state index contributed by atoms with van der Waals surface area (Å²) in [6.45, 7) is 2.29. The fraction of sp³-hybridized carbons (Fsp3) is 0.286. The molecule has 270 valence electrons. The number of hydrogen-bond donors (Lipinski definition) is 3. The number of likely N-dealkylation sites (tertiary alicyclic amines) is 1. The van der Waals surface area contributed by atoms with E-state index in [2.05, 4.69) is 15.7 Å². The molecule has 0 spiro atoms. The van der Waals surface area contributed by atoms with Crippen molar-refractivity contribution >= 4 is 21.6 Å². The summed E-state index contributed by atoms with van der Waals surface area (Å²) in [5.41, 5.74) is 5.49. The standard InChI is InChI=1S/C42H43ClN2O6S/c43-37-18-16-36(17-19-37)42(47)20-22-45(23-21-42)28-38-26-40(32-14-12-30(29-46)13-15-32)51-41(50-38)35-9-5-8-34(25-35)33-7-4-6-31(24-33)27-44-52(48,49)39-10-2-1-3-11-39/h1-19,24-25,38,40-41,44,46-47H,20-23,26-29H2. The quantitative estimate of drug-likeness (QED) is 0.129. The molecule has 3 unspecified atom stereocenters. The van der Waals surface area contributed by atoms with E-state index in [0.717, 1.165) is 52.0 Å². The first kappa shape index (κ1) is 36.5. The molecule has 8 nitrogen and oxygen atoms in total. The molecule has 0 saturated carbocycles. The van der Waals surface area contributed by atoms with Crippen molar-refractivity contribution in [1.82, 2.24) is 9.62 Å². The molecule has 5 aromatic rings. The van der Waals surface area contributed by atoms with E-state index in [0.29, 0.717) is 30.8 Å². The summed E-state index contributed by atoms with van der Waals surface area (Å²) >= 11 is 6.10. The van der Waals surface area contributed by atoms with Gasteiger partial charge >= 0.3 is 0 Å². The summed E-state index contributed by atoms with van der Waals surface area (Å²) in [5.74, 6) is 0. The molecule has 0 aromatic heterocycles. The Morgan fingerprint density at radius 1 is 0.769 bits per heavy atom. The first-order valence-electron chi connectivity index (χ1n) is 17.6. The van der Waals surface area contributed by atoms with E-state index in [-0.39, 0.29) is 30.3 Å². The van der Waals surface area contributed by atoms with Gasteiger partial charge in [0, 0.05) is 43.2 Å². The molecule has 2 heterocycles. The van der Waals surface area contributed by atoms with Gasteiger partial charge in [-0.15, -0.1) is 0 Å². The molecule has 2 saturated heterocycles. The third-order valence-corrected chi connectivity index (χ3v) is 11.7. The highest BCUT2D eigenvalue weighted by atomic mass is 35.5. The van der Waals surface area contributed by atoms with Crippen molar-refractivity contribution in [3.63, 3.8) is 0 Å². The number of halogens is 1. The molecule has 2 aliphatic heterocycles. The second kappa shape index (κ2) is 16.0. The van der Waals surface area contributed by atoms with Crippen LogP contribution < -0.4 is 4.72 Å². The van der Waals surface area contributed by atoms with Crippen molar-refractivity contribution in [1.29, 1.82) is 0 Å². The van der Waals surface area contributed by atoms with Crippen molar-refractivity contribution in [2.45, 2.75) is 61.4 Å². The predicted molar refractivity (Wildman–Crippen MR) is 202 cm³/mol. The maximum atomic E-state index is 12.8. The molecular weight excluding hydrogens is 696 g/mol. The fourth-order valence-corrected chi connectivity index (χ4v) is 8.23. The van der Waals surface area contributed by atoms with Crippen LogP contribution in [0.2, 0.25) is 5.02 Å². The molecule has 3 atom stereocenters. The van der Waals surface area contributed by atoms with E-state index in [4.69, 9.17) is 21.1 Å². The predicted octanol–water partition coefficient (Wildman–Crippen LogP) is 7.51. The van der Waals surface area contributed by atoms with Crippen LogP contribution in [-0.2, 0) is 38.2 Å². The smallest absolute Gasteiger partial charge is 0.240 e. The number of hydrogen-bond acceptors (Lipinski definition) is 7. The van der Waals surface area contributed by atoms with Gasteiger partial charge in [-0.25, -0.2) is 13.1 Å². The Kier molecular flexibility index (Phi) is 11.2. The third kappa shape index (κ3) is 8.65. The first-order chi connectivity index (χ1) is 25.2. The minimum Gasteiger partial charge on any atom is -0.392 e. The number of sulfonamides is 1. The Morgan fingerprint density at radius 3 is 2.17 bits per heavy atom. The van der Waals surface area contributed by atoms with Crippen molar-refractivity contribution in [3.8, 4) is 11.1 Å². The molecule has 2 aliphatic rings. The molecule has 0 radical (unpaired) electrons. The number of nitrogens with one attached hydrogen (secondary N) is 1. The Bertz CT molecular complexity index is 2050. The number of aliphatic hydroxyl groups is 2. The maximum absolute atomic E-state index is 12.8. The third-order valence-electron chi connectivity index (χ3n) is 10.1. The van der Waals surface area contributed by atoms with Gasteiger partial charge in [-0.1, -0.05) is 103 Å². The average molecular weight is 739 g/mol. The largest absolute Gasteiger partial charge is 0.392 e. The number of ether oxygens (including phenoxy) is 2. The zero-order valence-electron chi connectivity index (χ0n) is 28.8. The normalized spacial score (nSPS) is 20.8. The van der Waals surface area contributed by atoms with Crippen molar-refractivity contribution < 1.29 is 28.1 Å². The summed E-state index contributed by atoms with van der Waals surface area (Å²) < 4.78 is 41.7. The van der Waals surface area contributed by atoms with Crippen LogP contribution in [0.1, 0.15) is 59.5 Å². The van der Waals surface area contributed by atoms with E-state index >= 15 is 0 Å². The lowest BCUT2D eigenvalue weighted by Crippen LogP contribution is -2.46. The van der Waals surface area contributed by atoms with Gasteiger partial charge in [0.05, 0.1) is 29.3 Å². The lowest BCUT2D eigenvalue weighted by Gasteiger charge is -2.42. The molecule has 2 fully saturated rings. The summed E-state index contributed by atoms with van der Waals surface area (Å²) in [7, 11) is -3.64. The van der Waals surface area contributed by atoms with Crippen LogP contribution in [0.4, 0.5) is 0 Å². The lowest BCUT2D eigenvalue weighted by atomic mass is 9.84. The molecule has 0 amide bonds. The average Bonchev–Trinajstić information content (AvgIpc) is 3.19. The Balaban J connectivity index is 1.07. The zero-order valence-corrected chi connectivity index (χ0v) is 30.3. The van der Waals surface area contributed by atoms with Crippen LogP contribution >= 0.6 is 11.6 Å². The van der Waals surface area contributed by atoms with Crippen LogP contribution in [0.3, 0.4) is 0 Å². The van der Waals surface area contributed by atoms with Gasteiger partial charge in [-0.05, 0) is 82.6 Å². The van der Waals surface area contributed by atoms with Crippen LogP contribution in [0.5, 0.6) is 0 Å². The Labute approximate surface area is 310 Å². The van der Waals surface area contributed by atoms with Gasteiger partial charge in [-0.2, -0.15) is 0 Å². The molecule has 0 bridgehead atoms. The lowest BCUT2D eigenvalue weighted by molar-refractivity contribution is -0.253. The number of benzene rings is 5. The SMILES string of the molecule is O=S(=O)(NCc1cccc(-c2cccc(C3OC(CN4CCC(O)(c5ccc(Cl)cc5)CC4)CC(c4ccc(CO)cc4)O3)c2)c1)c1ccccc1.